The van der Waals surface area contributed by atoms with E-state index in [1.807, 2.05) is 13.8 Å². The molecule has 1 saturated heterocycles. The summed E-state index contributed by atoms with van der Waals surface area (Å²) in [6, 6.07) is 0. The van der Waals surface area contributed by atoms with Gasteiger partial charge in [0.05, 0.1) is 12.0 Å². The van der Waals surface area contributed by atoms with Gasteiger partial charge in [-0.1, -0.05) is 13.8 Å². The van der Waals surface area contributed by atoms with E-state index >= 15 is 0 Å². The summed E-state index contributed by atoms with van der Waals surface area (Å²) in [7, 11) is 0. The molecule has 1 fully saturated rings. The number of rotatable bonds is 0. The summed E-state index contributed by atoms with van der Waals surface area (Å²) in [4.78, 5) is 11.3. The van der Waals surface area contributed by atoms with Crippen LogP contribution in [0.5, 0.6) is 0 Å². The summed E-state index contributed by atoms with van der Waals surface area (Å²) in [5.41, 5.74) is -0.256. The summed E-state index contributed by atoms with van der Waals surface area (Å²) in [6.45, 7) is 8.72. The molecule has 11 heavy (non-hydrogen) atoms. The third kappa shape index (κ3) is 1.15. The molecule has 0 unspecified atom stereocenters. The van der Waals surface area contributed by atoms with Crippen molar-refractivity contribution in [1.29, 1.82) is 0 Å². The van der Waals surface area contributed by atoms with Crippen molar-refractivity contribution in [1.82, 2.24) is 0 Å². The van der Waals surface area contributed by atoms with E-state index in [9.17, 15) is 4.79 Å². The van der Waals surface area contributed by atoms with Gasteiger partial charge in [0.1, 0.15) is 0 Å². The molecule has 0 saturated carbocycles. The molecule has 0 aliphatic carbocycles. The molecular formula is C9H16O2. The monoisotopic (exact) mass is 156 g/mol. The number of carbonyl (C=O) groups excluding carboxylic acids is 1. The van der Waals surface area contributed by atoms with Crippen molar-refractivity contribution in [2.75, 3.05) is 6.61 Å². The first-order valence-corrected chi connectivity index (χ1v) is 4.05. The summed E-state index contributed by atoms with van der Waals surface area (Å²) in [5.74, 6) is -0.0613. The molecule has 0 N–H and O–H groups in total. The zero-order valence-corrected chi connectivity index (χ0v) is 7.73. The lowest BCUT2D eigenvalue weighted by Crippen LogP contribution is -2.45. The summed E-state index contributed by atoms with van der Waals surface area (Å²) < 4.78 is 4.99. The van der Waals surface area contributed by atoms with Crippen molar-refractivity contribution in [3.05, 3.63) is 0 Å². The lowest BCUT2D eigenvalue weighted by Gasteiger charge is -2.43. The lowest BCUT2D eigenvalue weighted by atomic mass is 9.65. The van der Waals surface area contributed by atoms with E-state index in [4.69, 9.17) is 4.74 Å². The summed E-state index contributed by atoms with van der Waals surface area (Å²) >= 11 is 0. The van der Waals surface area contributed by atoms with Gasteiger partial charge in [0.25, 0.3) is 0 Å². The van der Waals surface area contributed by atoms with Gasteiger partial charge in [-0.15, -0.1) is 0 Å². The predicted octanol–water partition coefficient (Wildman–Crippen LogP) is 1.99. The molecule has 2 heteroatoms. The van der Waals surface area contributed by atoms with Gasteiger partial charge in [-0.05, 0) is 25.7 Å². The fraction of sp³-hybridized carbons (Fsp3) is 0.889. The van der Waals surface area contributed by atoms with E-state index in [-0.39, 0.29) is 16.8 Å². The van der Waals surface area contributed by atoms with Gasteiger partial charge < -0.3 is 4.74 Å². The van der Waals surface area contributed by atoms with E-state index in [2.05, 4.69) is 13.8 Å². The van der Waals surface area contributed by atoms with Gasteiger partial charge in [-0.2, -0.15) is 0 Å². The average molecular weight is 156 g/mol. The van der Waals surface area contributed by atoms with Crippen LogP contribution in [-0.4, -0.2) is 12.6 Å². The van der Waals surface area contributed by atoms with Crippen LogP contribution in [0.25, 0.3) is 0 Å². The second-order valence-electron chi connectivity index (χ2n) is 4.39. The van der Waals surface area contributed by atoms with Crippen LogP contribution in [0.2, 0.25) is 0 Å². The maximum Gasteiger partial charge on any atom is 0.312 e. The second-order valence-corrected chi connectivity index (χ2v) is 4.39. The van der Waals surface area contributed by atoms with Crippen molar-refractivity contribution >= 4 is 5.97 Å². The Kier molecular flexibility index (Phi) is 1.73. The van der Waals surface area contributed by atoms with Crippen LogP contribution in [0.4, 0.5) is 0 Å². The highest BCUT2D eigenvalue weighted by atomic mass is 16.5. The van der Waals surface area contributed by atoms with E-state index in [0.717, 1.165) is 6.42 Å². The van der Waals surface area contributed by atoms with Crippen LogP contribution in [0.3, 0.4) is 0 Å². The quantitative estimate of drug-likeness (QED) is 0.501. The molecule has 0 radical (unpaired) electrons. The van der Waals surface area contributed by atoms with E-state index < -0.39 is 0 Å². The van der Waals surface area contributed by atoms with Crippen molar-refractivity contribution in [3.63, 3.8) is 0 Å². The Morgan fingerprint density at radius 1 is 1.27 bits per heavy atom. The van der Waals surface area contributed by atoms with Gasteiger partial charge in [0.15, 0.2) is 0 Å². The van der Waals surface area contributed by atoms with Crippen molar-refractivity contribution < 1.29 is 9.53 Å². The minimum atomic E-state index is -0.328. The van der Waals surface area contributed by atoms with Gasteiger partial charge in [0.2, 0.25) is 0 Å². The SMILES string of the molecule is CC1(C)CCOC(=O)C1(C)C. The largest absolute Gasteiger partial charge is 0.465 e. The molecule has 0 bridgehead atoms. The maximum atomic E-state index is 11.3. The highest BCUT2D eigenvalue weighted by Crippen LogP contribution is 2.44. The lowest BCUT2D eigenvalue weighted by molar-refractivity contribution is -0.171. The first kappa shape index (κ1) is 8.57. The molecule has 0 aromatic carbocycles. The van der Waals surface area contributed by atoms with E-state index in [1.165, 1.54) is 0 Å². The van der Waals surface area contributed by atoms with Crippen LogP contribution in [0.15, 0.2) is 0 Å². The number of cyclic esters (lactones) is 1. The van der Waals surface area contributed by atoms with Gasteiger partial charge in [-0.25, -0.2) is 0 Å². The first-order chi connectivity index (χ1) is 4.88. The summed E-state index contributed by atoms with van der Waals surface area (Å²) in [5, 5.41) is 0. The number of hydrogen-bond acceptors (Lipinski definition) is 2. The van der Waals surface area contributed by atoms with Crippen LogP contribution in [-0.2, 0) is 9.53 Å². The molecule has 1 heterocycles. The highest BCUT2D eigenvalue weighted by Gasteiger charge is 2.47. The third-order valence-corrected chi connectivity index (χ3v) is 3.16. The first-order valence-electron chi connectivity index (χ1n) is 4.05. The molecule has 0 amide bonds. The Morgan fingerprint density at radius 2 is 1.82 bits per heavy atom. The molecule has 1 aliphatic rings. The molecule has 64 valence electrons. The minimum Gasteiger partial charge on any atom is -0.465 e. The Bertz CT molecular complexity index is 180. The fourth-order valence-electron chi connectivity index (χ4n) is 1.17. The van der Waals surface area contributed by atoms with Gasteiger partial charge in [0, 0.05) is 0 Å². The molecule has 0 atom stereocenters. The Morgan fingerprint density at radius 3 is 2.18 bits per heavy atom. The van der Waals surface area contributed by atoms with Crippen LogP contribution >= 0.6 is 0 Å². The summed E-state index contributed by atoms with van der Waals surface area (Å²) in [6.07, 6.45) is 0.964. The number of hydrogen-bond donors (Lipinski definition) is 0. The number of esters is 1. The molecule has 1 aliphatic heterocycles. The fourth-order valence-corrected chi connectivity index (χ4v) is 1.17. The topological polar surface area (TPSA) is 26.3 Å². The van der Waals surface area contributed by atoms with E-state index in [0.29, 0.717) is 6.61 Å². The Balaban J connectivity index is 2.91. The van der Waals surface area contributed by atoms with Gasteiger partial charge >= 0.3 is 5.97 Å². The third-order valence-electron chi connectivity index (χ3n) is 3.16. The van der Waals surface area contributed by atoms with Crippen LogP contribution in [0, 0.1) is 10.8 Å². The Hall–Kier alpha value is -0.530. The smallest absolute Gasteiger partial charge is 0.312 e. The molecule has 2 nitrogen and oxygen atoms in total. The normalized spacial score (nSPS) is 27.8. The molecule has 0 spiro atoms. The van der Waals surface area contributed by atoms with Crippen molar-refractivity contribution in [3.8, 4) is 0 Å². The van der Waals surface area contributed by atoms with Crippen LogP contribution < -0.4 is 0 Å². The molecular weight excluding hydrogens is 140 g/mol. The minimum absolute atomic E-state index is 0.0613. The zero-order chi connectivity index (χ0) is 8.70. The highest BCUT2D eigenvalue weighted by molar-refractivity contribution is 5.77. The molecule has 0 aromatic heterocycles. The number of carbonyl (C=O) groups is 1. The van der Waals surface area contributed by atoms with Crippen LogP contribution in [0.1, 0.15) is 34.1 Å². The Labute approximate surface area is 67.9 Å². The maximum absolute atomic E-state index is 11.3. The molecule has 0 aromatic rings. The molecule has 1 rings (SSSR count). The van der Waals surface area contributed by atoms with E-state index in [1.54, 1.807) is 0 Å². The zero-order valence-electron chi connectivity index (χ0n) is 7.73. The number of ether oxygens (including phenoxy) is 1. The van der Waals surface area contributed by atoms with Crippen molar-refractivity contribution in [2.45, 2.75) is 34.1 Å². The average Bonchev–Trinajstić information content (AvgIpc) is 1.84. The standard InChI is InChI=1S/C9H16O2/c1-8(2)5-6-11-7(10)9(8,3)4/h5-6H2,1-4H3. The van der Waals surface area contributed by atoms with Gasteiger partial charge in [-0.3, -0.25) is 4.79 Å². The second kappa shape index (κ2) is 2.23. The van der Waals surface area contributed by atoms with Crippen molar-refractivity contribution in [2.24, 2.45) is 10.8 Å². The predicted molar refractivity (Wildman–Crippen MR) is 43.1 cm³/mol.